The van der Waals surface area contributed by atoms with Gasteiger partial charge in [-0.2, -0.15) is 0 Å². The maximum atomic E-state index is 11.5. The number of ether oxygens (including phenoxy) is 3. The monoisotopic (exact) mass is 238 g/mol. The van der Waals surface area contributed by atoms with Crippen LogP contribution in [0.2, 0.25) is 0 Å². The lowest BCUT2D eigenvalue weighted by molar-refractivity contribution is -0.152. The maximum absolute atomic E-state index is 11.5. The van der Waals surface area contributed by atoms with Gasteiger partial charge in [0.2, 0.25) is 0 Å². The molecule has 1 aromatic rings. The highest BCUT2D eigenvalue weighted by atomic mass is 16.5. The van der Waals surface area contributed by atoms with E-state index >= 15 is 0 Å². The molecule has 0 spiro atoms. The molecule has 0 saturated carbocycles. The van der Waals surface area contributed by atoms with E-state index in [0.717, 1.165) is 5.75 Å². The molecular formula is C13H18O4. The van der Waals surface area contributed by atoms with Crippen molar-refractivity contribution in [1.29, 1.82) is 0 Å². The minimum absolute atomic E-state index is 0.257. The van der Waals surface area contributed by atoms with Crippen LogP contribution in [0.1, 0.15) is 13.8 Å². The van der Waals surface area contributed by atoms with Crippen LogP contribution in [0.15, 0.2) is 24.3 Å². The second-order valence-corrected chi connectivity index (χ2v) is 4.34. The zero-order valence-corrected chi connectivity index (χ0v) is 10.6. The molecule has 0 amide bonds. The Balaban J connectivity index is 2.63. The Morgan fingerprint density at radius 2 is 1.88 bits per heavy atom. The zero-order chi connectivity index (χ0) is 12.9. The van der Waals surface area contributed by atoms with Crippen molar-refractivity contribution in [3.05, 3.63) is 24.3 Å². The average Bonchev–Trinajstić information content (AvgIpc) is 2.35. The van der Waals surface area contributed by atoms with Gasteiger partial charge in [0.15, 0.2) is 0 Å². The van der Waals surface area contributed by atoms with Crippen LogP contribution < -0.4 is 9.47 Å². The van der Waals surface area contributed by atoms with Gasteiger partial charge in [-0.3, -0.25) is 4.79 Å². The molecule has 0 aliphatic heterocycles. The Labute approximate surface area is 101 Å². The molecule has 4 heteroatoms. The third kappa shape index (κ3) is 3.66. The molecule has 0 aliphatic carbocycles. The summed E-state index contributed by atoms with van der Waals surface area (Å²) in [7, 11) is 2.97. The van der Waals surface area contributed by atoms with E-state index in [-0.39, 0.29) is 12.6 Å². The molecule has 0 atom stereocenters. The topological polar surface area (TPSA) is 44.8 Å². The summed E-state index contributed by atoms with van der Waals surface area (Å²) in [5.74, 6) is 1.10. The van der Waals surface area contributed by atoms with Crippen molar-refractivity contribution < 1.29 is 19.0 Å². The fraction of sp³-hybridized carbons (Fsp3) is 0.462. The van der Waals surface area contributed by atoms with Crippen LogP contribution in [0.3, 0.4) is 0 Å². The number of carbonyl (C=O) groups is 1. The highest BCUT2D eigenvalue weighted by Crippen LogP contribution is 2.23. The van der Waals surface area contributed by atoms with Crippen molar-refractivity contribution in [2.24, 2.45) is 5.41 Å². The lowest BCUT2D eigenvalue weighted by atomic mass is 9.95. The normalized spacial score (nSPS) is 10.8. The van der Waals surface area contributed by atoms with Crippen LogP contribution in [-0.4, -0.2) is 26.8 Å². The Kier molecular flexibility index (Phi) is 4.37. The van der Waals surface area contributed by atoms with Crippen LogP contribution >= 0.6 is 0 Å². The SMILES string of the molecule is COC(=O)C(C)(C)COc1cccc(OC)c1. The first-order valence-electron chi connectivity index (χ1n) is 5.35. The first-order valence-corrected chi connectivity index (χ1v) is 5.35. The summed E-state index contributed by atoms with van der Waals surface area (Å²) in [5.41, 5.74) is -0.669. The van der Waals surface area contributed by atoms with Crippen molar-refractivity contribution in [3.8, 4) is 11.5 Å². The number of carbonyl (C=O) groups excluding carboxylic acids is 1. The third-order valence-electron chi connectivity index (χ3n) is 2.38. The lowest BCUT2D eigenvalue weighted by Gasteiger charge is -2.21. The molecule has 0 bridgehead atoms. The third-order valence-corrected chi connectivity index (χ3v) is 2.38. The first kappa shape index (κ1) is 13.4. The molecule has 0 heterocycles. The van der Waals surface area contributed by atoms with Crippen molar-refractivity contribution in [1.82, 2.24) is 0 Å². The molecule has 0 unspecified atom stereocenters. The van der Waals surface area contributed by atoms with Gasteiger partial charge in [0.1, 0.15) is 18.1 Å². The Morgan fingerprint density at radius 1 is 1.24 bits per heavy atom. The van der Waals surface area contributed by atoms with Crippen molar-refractivity contribution in [2.75, 3.05) is 20.8 Å². The summed E-state index contributed by atoms with van der Waals surface area (Å²) < 4.78 is 15.3. The standard InChI is InChI=1S/C13H18O4/c1-13(2,12(14)16-4)9-17-11-7-5-6-10(8-11)15-3/h5-8H,9H2,1-4H3. The Morgan fingerprint density at radius 3 is 2.47 bits per heavy atom. The minimum atomic E-state index is -0.669. The number of hydrogen-bond donors (Lipinski definition) is 0. The molecular weight excluding hydrogens is 220 g/mol. The quantitative estimate of drug-likeness (QED) is 0.738. The van der Waals surface area contributed by atoms with Gasteiger partial charge in [0.05, 0.1) is 19.6 Å². The summed E-state index contributed by atoms with van der Waals surface area (Å²) >= 11 is 0. The van der Waals surface area contributed by atoms with Gasteiger partial charge in [-0.1, -0.05) is 6.07 Å². The van der Waals surface area contributed by atoms with Gasteiger partial charge >= 0.3 is 5.97 Å². The minimum Gasteiger partial charge on any atom is -0.497 e. The van der Waals surface area contributed by atoms with Crippen LogP contribution in [-0.2, 0) is 9.53 Å². The van der Waals surface area contributed by atoms with E-state index in [4.69, 9.17) is 14.2 Å². The average molecular weight is 238 g/mol. The van der Waals surface area contributed by atoms with E-state index in [9.17, 15) is 4.79 Å². The molecule has 4 nitrogen and oxygen atoms in total. The van der Waals surface area contributed by atoms with E-state index in [1.807, 2.05) is 18.2 Å². The summed E-state index contributed by atoms with van der Waals surface area (Å²) in [4.78, 5) is 11.5. The van der Waals surface area contributed by atoms with Gasteiger partial charge in [0.25, 0.3) is 0 Å². The zero-order valence-electron chi connectivity index (χ0n) is 10.6. The summed E-state index contributed by atoms with van der Waals surface area (Å²) in [6.45, 7) is 3.81. The summed E-state index contributed by atoms with van der Waals surface area (Å²) in [5, 5.41) is 0. The number of rotatable bonds is 5. The van der Waals surface area contributed by atoms with Gasteiger partial charge < -0.3 is 14.2 Å². The molecule has 0 radical (unpaired) electrons. The Hall–Kier alpha value is -1.71. The molecule has 1 rings (SSSR count). The predicted octanol–water partition coefficient (Wildman–Crippen LogP) is 2.27. The van der Waals surface area contributed by atoms with Crippen LogP contribution in [0.4, 0.5) is 0 Å². The van der Waals surface area contributed by atoms with Gasteiger partial charge in [-0.05, 0) is 26.0 Å². The number of esters is 1. The smallest absolute Gasteiger partial charge is 0.314 e. The van der Waals surface area contributed by atoms with Crippen molar-refractivity contribution >= 4 is 5.97 Å². The Bertz CT molecular complexity index is 385. The fourth-order valence-electron chi connectivity index (χ4n) is 1.29. The van der Waals surface area contributed by atoms with E-state index in [1.165, 1.54) is 7.11 Å². The van der Waals surface area contributed by atoms with E-state index < -0.39 is 5.41 Å². The van der Waals surface area contributed by atoms with Gasteiger partial charge in [0, 0.05) is 6.07 Å². The molecule has 0 aliphatic rings. The van der Waals surface area contributed by atoms with Crippen LogP contribution in [0.5, 0.6) is 11.5 Å². The second kappa shape index (κ2) is 5.57. The molecule has 1 aromatic carbocycles. The van der Waals surface area contributed by atoms with Gasteiger partial charge in [-0.15, -0.1) is 0 Å². The number of hydrogen-bond acceptors (Lipinski definition) is 4. The molecule has 0 fully saturated rings. The van der Waals surface area contributed by atoms with Crippen LogP contribution in [0.25, 0.3) is 0 Å². The molecule has 0 N–H and O–H groups in total. The highest BCUT2D eigenvalue weighted by molar-refractivity contribution is 5.75. The largest absolute Gasteiger partial charge is 0.497 e. The van der Waals surface area contributed by atoms with Crippen molar-refractivity contribution in [3.63, 3.8) is 0 Å². The molecule has 0 aromatic heterocycles. The van der Waals surface area contributed by atoms with E-state index in [0.29, 0.717) is 5.75 Å². The molecule has 17 heavy (non-hydrogen) atoms. The summed E-state index contributed by atoms with van der Waals surface area (Å²) in [6, 6.07) is 7.25. The van der Waals surface area contributed by atoms with Crippen LogP contribution in [0, 0.1) is 5.41 Å². The maximum Gasteiger partial charge on any atom is 0.314 e. The molecule has 94 valence electrons. The first-order chi connectivity index (χ1) is 7.99. The second-order valence-electron chi connectivity index (χ2n) is 4.34. The van der Waals surface area contributed by atoms with E-state index in [1.54, 1.807) is 27.0 Å². The van der Waals surface area contributed by atoms with Crippen molar-refractivity contribution in [2.45, 2.75) is 13.8 Å². The predicted molar refractivity (Wildman–Crippen MR) is 64.3 cm³/mol. The molecule has 0 saturated heterocycles. The summed E-state index contributed by atoms with van der Waals surface area (Å²) in [6.07, 6.45) is 0. The highest BCUT2D eigenvalue weighted by Gasteiger charge is 2.29. The van der Waals surface area contributed by atoms with E-state index in [2.05, 4.69) is 0 Å². The van der Waals surface area contributed by atoms with Gasteiger partial charge in [-0.25, -0.2) is 0 Å². The number of benzene rings is 1. The fourth-order valence-corrected chi connectivity index (χ4v) is 1.29. The number of methoxy groups -OCH3 is 2. The lowest BCUT2D eigenvalue weighted by Crippen LogP contribution is -2.32.